The van der Waals surface area contributed by atoms with Gasteiger partial charge < -0.3 is 4.90 Å². The third-order valence-electron chi connectivity index (χ3n) is 3.57. The maximum Gasteiger partial charge on any atom is 0.325 e. The first-order valence-corrected chi connectivity index (χ1v) is 5.99. The summed E-state index contributed by atoms with van der Waals surface area (Å²) in [4.78, 5) is 16.0. The molecular formula is C14H16N2O. The topological polar surface area (TPSA) is 23.6 Å². The second kappa shape index (κ2) is 3.62. The summed E-state index contributed by atoms with van der Waals surface area (Å²) in [5.74, 6) is 0. The first kappa shape index (κ1) is 10.4. The number of carbonyl (C=O) groups excluding carboxylic acids is 1. The molecule has 2 aliphatic heterocycles. The zero-order chi connectivity index (χ0) is 12.0. The van der Waals surface area contributed by atoms with Gasteiger partial charge in [0.15, 0.2) is 0 Å². The molecule has 0 bridgehead atoms. The number of aryl methyl sites for hydroxylation is 1. The highest BCUT2D eigenvalue weighted by molar-refractivity contribution is 5.97. The van der Waals surface area contributed by atoms with Crippen LogP contribution in [-0.4, -0.2) is 30.1 Å². The van der Waals surface area contributed by atoms with E-state index in [-0.39, 0.29) is 6.03 Å². The monoisotopic (exact) mass is 228 g/mol. The summed E-state index contributed by atoms with van der Waals surface area (Å²) in [5, 5.41) is 0. The third kappa shape index (κ3) is 1.46. The molecule has 1 fully saturated rings. The van der Waals surface area contributed by atoms with Crippen LogP contribution in [0.4, 0.5) is 10.5 Å². The van der Waals surface area contributed by atoms with Gasteiger partial charge >= 0.3 is 6.03 Å². The molecule has 2 aliphatic rings. The van der Waals surface area contributed by atoms with Crippen molar-refractivity contribution in [3.8, 4) is 0 Å². The van der Waals surface area contributed by atoms with E-state index in [9.17, 15) is 4.79 Å². The smallest absolute Gasteiger partial charge is 0.319 e. The minimum Gasteiger partial charge on any atom is -0.319 e. The number of hydrogen-bond donors (Lipinski definition) is 0. The Morgan fingerprint density at radius 1 is 1.53 bits per heavy atom. The molecule has 0 spiro atoms. The Morgan fingerprint density at radius 2 is 2.35 bits per heavy atom. The average molecular weight is 228 g/mol. The highest BCUT2D eigenvalue weighted by atomic mass is 16.2. The van der Waals surface area contributed by atoms with Crippen molar-refractivity contribution in [2.45, 2.75) is 19.4 Å². The minimum absolute atomic E-state index is 0.123. The molecule has 88 valence electrons. The molecule has 0 aliphatic carbocycles. The molecule has 0 radical (unpaired) electrons. The Hall–Kier alpha value is -1.77. The van der Waals surface area contributed by atoms with Gasteiger partial charge in [0.25, 0.3) is 0 Å². The van der Waals surface area contributed by atoms with Crippen molar-refractivity contribution in [3.05, 3.63) is 42.0 Å². The number of hydrogen-bond acceptors (Lipinski definition) is 1. The van der Waals surface area contributed by atoms with E-state index in [1.807, 2.05) is 9.80 Å². The van der Waals surface area contributed by atoms with Gasteiger partial charge in [0.2, 0.25) is 0 Å². The van der Waals surface area contributed by atoms with Crippen LogP contribution in [0.25, 0.3) is 0 Å². The lowest BCUT2D eigenvalue weighted by molar-refractivity contribution is 0.225. The van der Waals surface area contributed by atoms with E-state index in [2.05, 4.69) is 31.7 Å². The first-order chi connectivity index (χ1) is 8.20. The van der Waals surface area contributed by atoms with Crippen molar-refractivity contribution in [2.24, 2.45) is 0 Å². The predicted octanol–water partition coefficient (Wildman–Crippen LogP) is 2.35. The van der Waals surface area contributed by atoms with Crippen molar-refractivity contribution < 1.29 is 4.79 Å². The van der Waals surface area contributed by atoms with Gasteiger partial charge in [-0.25, -0.2) is 4.79 Å². The molecule has 0 aromatic heterocycles. The number of fused-ring (bicyclic) bond motifs is 3. The molecule has 1 aromatic carbocycles. The molecule has 17 heavy (non-hydrogen) atoms. The van der Waals surface area contributed by atoms with Crippen LogP contribution in [0.5, 0.6) is 0 Å². The molecule has 1 atom stereocenters. The van der Waals surface area contributed by atoms with E-state index in [0.29, 0.717) is 12.6 Å². The molecule has 0 saturated carbocycles. The molecule has 3 rings (SSSR count). The Balaban J connectivity index is 1.95. The van der Waals surface area contributed by atoms with Crippen LogP contribution in [0.15, 0.2) is 30.9 Å². The lowest BCUT2D eigenvalue weighted by atomic mass is 10.1. The van der Waals surface area contributed by atoms with Gasteiger partial charge in [0.1, 0.15) is 0 Å². The van der Waals surface area contributed by atoms with Crippen molar-refractivity contribution >= 4 is 11.7 Å². The maximum atomic E-state index is 12.2. The number of rotatable bonds is 2. The van der Waals surface area contributed by atoms with E-state index in [0.717, 1.165) is 18.7 Å². The minimum atomic E-state index is 0.123. The number of amides is 2. The summed E-state index contributed by atoms with van der Waals surface area (Å²) in [6.07, 6.45) is 2.77. The molecule has 3 nitrogen and oxygen atoms in total. The Bertz CT molecular complexity index is 495. The SMILES string of the molecule is C=CCN1CC2Cc3cc(C)ccc3N2C1=O. The summed E-state index contributed by atoms with van der Waals surface area (Å²) >= 11 is 0. The van der Waals surface area contributed by atoms with E-state index < -0.39 is 0 Å². The van der Waals surface area contributed by atoms with Crippen LogP contribution < -0.4 is 4.90 Å². The van der Waals surface area contributed by atoms with E-state index in [4.69, 9.17) is 0 Å². The number of urea groups is 1. The summed E-state index contributed by atoms with van der Waals surface area (Å²) in [6, 6.07) is 6.78. The van der Waals surface area contributed by atoms with Crippen LogP contribution in [-0.2, 0) is 6.42 Å². The Kier molecular flexibility index (Phi) is 2.21. The fourth-order valence-corrected chi connectivity index (χ4v) is 2.85. The van der Waals surface area contributed by atoms with Crippen LogP contribution in [0.2, 0.25) is 0 Å². The lowest BCUT2D eigenvalue weighted by Crippen LogP contribution is -2.32. The van der Waals surface area contributed by atoms with Gasteiger partial charge in [-0.1, -0.05) is 23.8 Å². The zero-order valence-corrected chi connectivity index (χ0v) is 10.0. The molecule has 0 N–H and O–H groups in total. The van der Waals surface area contributed by atoms with Gasteiger partial charge in [-0.2, -0.15) is 0 Å². The quantitative estimate of drug-likeness (QED) is 0.713. The Labute approximate surface area is 101 Å². The summed E-state index contributed by atoms with van der Waals surface area (Å²) in [6.45, 7) is 7.25. The van der Waals surface area contributed by atoms with Gasteiger partial charge in [-0.15, -0.1) is 6.58 Å². The second-order valence-electron chi connectivity index (χ2n) is 4.84. The summed E-state index contributed by atoms with van der Waals surface area (Å²) < 4.78 is 0. The van der Waals surface area contributed by atoms with Crippen molar-refractivity contribution in [2.75, 3.05) is 18.0 Å². The normalized spacial score (nSPS) is 21.7. The fourth-order valence-electron chi connectivity index (χ4n) is 2.85. The van der Waals surface area contributed by atoms with Crippen LogP contribution in [0, 0.1) is 6.92 Å². The van der Waals surface area contributed by atoms with Crippen molar-refractivity contribution in [1.29, 1.82) is 0 Å². The van der Waals surface area contributed by atoms with E-state index >= 15 is 0 Å². The maximum absolute atomic E-state index is 12.2. The molecule has 2 heterocycles. The number of carbonyl (C=O) groups is 1. The molecule has 1 unspecified atom stereocenters. The second-order valence-corrected chi connectivity index (χ2v) is 4.84. The van der Waals surface area contributed by atoms with Crippen molar-refractivity contribution in [3.63, 3.8) is 0 Å². The van der Waals surface area contributed by atoms with E-state index in [1.54, 1.807) is 6.08 Å². The van der Waals surface area contributed by atoms with Crippen LogP contribution >= 0.6 is 0 Å². The largest absolute Gasteiger partial charge is 0.325 e. The van der Waals surface area contributed by atoms with E-state index in [1.165, 1.54) is 11.1 Å². The molecule has 1 saturated heterocycles. The number of nitrogens with zero attached hydrogens (tertiary/aromatic N) is 2. The highest BCUT2D eigenvalue weighted by Gasteiger charge is 2.42. The molecule has 3 heteroatoms. The van der Waals surface area contributed by atoms with Crippen molar-refractivity contribution in [1.82, 2.24) is 4.90 Å². The summed E-state index contributed by atoms with van der Waals surface area (Å²) in [5.41, 5.74) is 3.67. The first-order valence-electron chi connectivity index (χ1n) is 5.99. The van der Waals surface area contributed by atoms with Gasteiger partial charge in [0, 0.05) is 18.8 Å². The van der Waals surface area contributed by atoms with Gasteiger partial charge in [0.05, 0.1) is 6.04 Å². The third-order valence-corrected chi connectivity index (χ3v) is 3.57. The number of anilines is 1. The molecular weight excluding hydrogens is 212 g/mol. The fraction of sp³-hybridized carbons (Fsp3) is 0.357. The average Bonchev–Trinajstić information content (AvgIpc) is 2.77. The standard InChI is InChI=1S/C14H16N2O/c1-3-6-15-9-12-8-11-7-10(2)4-5-13(11)16(12)14(15)17/h3-5,7,12H,1,6,8-9H2,2H3. The number of benzene rings is 1. The molecule has 2 amide bonds. The van der Waals surface area contributed by atoms with Crippen LogP contribution in [0.1, 0.15) is 11.1 Å². The molecule has 1 aromatic rings. The van der Waals surface area contributed by atoms with Crippen LogP contribution in [0.3, 0.4) is 0 Å². The predicted molar refractivity (Wildman–Crippen MR) is 68.3 cm³/mol. The zero-order valence-electron chi connectivity index (χ0n) is 10.0. The Morgan fingerprint density at radius 3 is 3.12 bits per heavy atom. The van der Waals surface area contributed by atoms with Gasteiger partial charge in [-0.3, -0.25) is 4.90 Å². The highest BCUT2D eigenvalue weighted by Crippen LogP contribution is 2.37. The summed E-state index contributed by atoms with van der Waals surface area (Å²) in [7, 11) is 0. The lowest BCUT2D eigenvalue weighted by Gasteiger charge is -2.17. The van der Waals surface area contributed by atoms with Gasteiger partial charge in [-0.05, 0) is 25.0 Å².